The average Bonchev–Trinajstić information content (AvgIpc) is 3.02. The summed E-state index contributed by atoms with van der Waals surface area (Å²) in [6, 6.07) is 2.27. The molecule has 4 rings (SSSR count). The molecule has 1 aliphatic heterocycles. The minimum Gasteiger partial charge on any atom is -0.393 e. The van der Waals surface area contributed by atoms with Gasteiger partial charge in [0.25, 0.3) is 0 Å². The highest BCUT2D eigenvalue weighted by molar-refractivity contribution is 7.10. The van der Waals surface area contributed by atoms with Crippen molar-refractivity contribution in [3.63, 3.8) is 0 Å². The normalized spacial score (nSPS) is 32.5. The first-order chi connectivity index (χ1) is 9.55. The molecule has 2 aromatic rings. The molecule has 1 aliphatic carbocycles. The van der Waals surface area contributed by atoms with Gasteiger partial charge < -0.3 is 9.67 Å². The zero-order chi connectivity index (χ0) is 13.9. The molecule has 0 amide bonds. The molecule has 0 bridgehead atoms. The molecule has 3 nitrogen and oxygen atoms in total. The lowest BCUT2D eigenvalue weighted by molar-refractivity contribution is -0.0499. The van der Waals surface area contributed by atoms with Crippen LogP contribution in [-0.4, -0.2) is 26.4 Å². The molecular weight excluding hydrogens is 275 g/mol. The van der Waals surface area contributed by atoms with Gasteiger partial charge in [-0.3, -0.25) is 0 Å². The lowest BCUT2D eigenvalue weighted by atomic mass is 9.70. The van der Waals surface area contributed by atoms with Crippen molar-refractivity contribution in [1.29, 1.82) is 0 Å². The lowest BCUT2D eigenvalue weighted by Crippen LogP contribution is -2.43. The van der Waals surface area contributed by atoms with E-state index in [-0.39, 0.29) is 12.0 Å². The van der Waals surface area contributed by atoms with Crippen molar-refractivity contribution in [3.05, 3.63) is 28.8 Å². The third-order valence-electron chi connectivity index (χ3n) is 4.66. The van der Waals surface area contributed by atoms with Gasteiger partial charge in [-0.15, -0.1) is 11.3 Å². The van der Waals surface area contributed by atoms with Crippen LogP contribution in [0.15, 0.2) is 24.0 Å². The van der Waals surface area contributed by atoms with Crippen molar-refractivity contribution in [3.8, 4) is 11.3 Å². The summed E-state index contributed by atoms with van der Waals surface area (Å²) in [7, 11) is 0. The van der Waals surface area contributed by atoms with Gasteiger partial charge in [0.1, 0.15) is 5.67 Å². The van der Waals surface area contributed by atoms with Gasteiger partial charge in [-0.25, -0.2) is 9.37 Å². The molecular formula is C15H17FN2OS. The number of thiophene rings is 1. The standard InChI is InChI=1S/C15H17FN2OS/c1-15(16)5-9(6-15)13(19)4-11-14-10(2-3-20-14)12-7-17-8-18(11)12/h2-3,7-9,11,13,19H,4-6H2,1H3/t9?,11-,13+,15?/m0/s1. The maximum Gasteiger partial charge on any atom is 0.109 e. The molecule has 1 saturated carbocycles. The second-order valence-electron chi connectivity index (χ2n) is 6.29. The Morgan fingerprint density at radius 3 is 3.15 bits per heavy atom. The molecule has 1 N–H and O–H groups in total. The highest BCUT2D eigenvalue weighted by Crippen LogP contribution is 2.48. The highest BCUT2D eigenvalue weighted by atomic mass is 32.1. The first-order valence-corrected chi connectivity index (χ1v) is 7.90. The van der Waals surface area contributed by atoms with E-state index in [9.17, 15) is 9.50 Å². The second-order valence-corrected chi connectivity index (χ2v) is 7.23. The quantitative estimate of drug-likeness (QED) is 0.941. The summed E-state index contributed by atoms with van der Waals surface area (Å²) < 4.78 is 15.7. The van der Waals surface area contributed by atoms with Crippen LogP contribution >= 0.6 is 11.3 Å². The molecule has 2 aromatic heterocycles. The van der Waals surface area contributed by atoms with Gasteiger partial charge in [-0.2, -0.15) is 0 Å². The molecule has 20 heavy (non-hydrogen) atoms. The summed E-state index contributed by atoms with van der Waals surface area (Å²) in [4.78, 5) is 5.50. The van der Waals surface area contributed by atoms with Gasteiger partial charge in [0.2, 0.25) is 0 Å². The Kier molecular flexibility index (Phi) is 2.60. The Labute approximate surface area is 121 Å². The van der Waals surface area contributed by atoms with Crippen molar-refractivity contribution < 1.29 is 9.50 Å². The Bertz CT molecular complexity index is 600. The number of halogens is 1. The van der Waals surface area contributed by atoms with Crippen molar-refractivity contribution in [2.75, 3.05) is 0 Å². The molecule has 0 aromatic carbocycles. The van der Waals surface area contributed by atoms with Crippen LogP contribution in [0.5, 0.6) is 0 Å². The van der Waals surface area contributed by atoms with Gasteiger partial charge in [-0.05, 0) is 43.6 Å². The van der Waals surface area contributed by atoms with Crippen LogP contribution in [0.1, 0.15) is 37.1 Å². The molecule has 5 heteroatoms. The number of hydrogen-bond donors (Lipinski definition) is 1. The summed E-state index contributed by atoms with van der Waals surface area (Å²) in [6.45, 7) is 1.62. The van der Waals surface area contributed by atoms with Gasteiger partial charge >= 0.3 is 0 Å². The number of rotatable bonds is 3. The number of fused-ring (bicyclic) bond motifs is 3. The molecule has 2 aliphatic rings. The van der Waals surface area contributed by atoms with Crippen LogP contribution in [0.4, 0.5) is 4.39 Å². The molecule has 0 radical (unpaired) electrons. The number of aliphatic hydroxyl groups excluding tert-OH is 1. The number of hydrogen-bond acceptors (Lipinski definition) is 3. The molecule has 2 atom stereocenters. The summed E-state index contributed by atoms with van der Waals surface area (Å²) >= 11 is 1.73. The number of nitrogens with zero attached hydrogens (tertiary/aromatic N) is 2. The van der Waals surface area contributed by atoms with Crippen LogP contribution < -0.4 is 0 Å². The first-order valence-electron chi connectivity index (χ1n) is 7.02. The Hall–Kier alpha value is -1.20. The van der Waals surface area contributed by atoms with Crippen LogP contribution in [0, 0.1) is 5.92 Å². The van der Waals surface area contributed by atoms with E-state index in [1.54, 1.807) is 18.3 Å². The Morgan fingerprint density at radius 1 is 1.60 bits per heavy atom. The fourth-order valence-corrected chi connectivity index (χ4v) is 4.64. The number of imidazole rings is 1. The topological polar surface area (TPSA) is 38.1 Å². The SMILES string of the molecule is CC1(F)CC([C@H](O)C[C@H]2c3sccc3-c3cncn32)C1. The lowest BCUT2D eigenvalue weighted by Gasteiger charge is -2.41. The second kappa shape index (κ2) is 4.15. The van der Waals surface area contributed by atoms with Crippen LogP contribution in [0.3, 0.4) is 0 Å². The van der Waals surface area contributed by atoms with Crippen molar-refractivity contribution >= 4 is 11.3 Å². The van der Waals surface area contributed by atoms with Crippen LogP contribution in [-0.2, 0) is 0 Å². The maximum atomic E-state index is 13.6. The van der Waals surface area contributed by atoms with Crippen molar-refractivity contribution in [2.24, 2.45) is 5.92 Å². The monoisotopic (exact) mass is 292 g/mol. The third kappa shape index (κ3) is 1.76. The zero-order valence-electron chi connectivity index (χ0n) is 11.3. The minimum absolute atomic E-state index is 0.0981. The van der Waals surface area contributed by atoms with E-state index >= 15 is 0 Å². The molecule has 3 heterocycles. The first kappa shape index (κ1) is 12.5. The van der Waals surface area contributed by atoms with E-state index in [2.05, 4.69) is 21.0 Å². The fraction of sp³-hybridized carbons (Fsp3) is 0.533. The van der Waals surface area contributed by atoms with E-state index in [4.69, 9.17) is 0 Å². The van der Waals surface area contributed by atoms with Gasteiger partial charge in [0, 0.05) is 10.4 Å². The van der Waals surface area contributed by atoms with Gasteiger partial charge in [-0.1, -0.05) is 0 Å². The Morgan fingerprint density at radius 2 is 2.40 bits per heavy atom. The van der Waals surface area contributed by atoms with Crippen molar-refractivity contribution in [2.45, 2.75) is 44.0 Å². The van der Waals surface area contributed by atoms with Crippen LogP contribution in [0.25, 0.3) is 11.3 Å². The molecule has 1 fully saturated rings. The van der Waals surface area contributed by atoms with Gasteiger partial charge in [0.15, 0.2) is 0 Å². The van der Waals surface area contributed by atoms with E-state index in [0.717, 1.165) is 5.69 Å². The van der Waals surface area contributed by atoms with E-state index < -0.39 is 11.8 Å². The molecule has 0 unspecified atom stereocenters. The molecule has 0 spiro atoms. The fourth-order valence-electron chi connectivity index (χ4n) is 3.63. The van der Waals surface area contributed by atoms with E-state index in [0.29, 0.717) is 19.3 Å². The number of alkyl halides is 1. The zero-order valence-corrected chi connectivity index (χ0v) is 12.1. The number of aliphatic hydroxyl groups is 1. The van der Waals surface area contributed by atoms with Crippen LogP contribution in [0.2, 0.25) is 0 Å². The maximum absolute atomic E-state index is 13.6. The predicted octanol–water partition coefficient (Wildman–Crippen LogP) is 3.40. The summed E-state index contributed by atoms with van der Waals surface area (Å²) in [5, 5.41) is 12.5. The third-order valence-corrected chi connectivity index (χ3v) is 5.68. The average molecular weight is 292 g/mol. The summed E-state index contributed by atoms with van der Waals surface area (Å²) in [6.07, 6.45) is 4.88. The summed E-state index contributed by atoms with van der Waals surface area (Å²) in [5.74, 6) is 0.0981. The largest absolute Gasteiger partial charge is 0.393 e. The Balaban J connectivity index is 1.56. The van der Waals surface area contributed by atoms with E-state index in [1.807, 2.05) is 12.5 Å². The smallest absolute Gasteiger partial charge is 0.109 e. The van der Waals surface area contributed by atoms with Gasteiger partial charge in [0.05, 0.1) is 30.4 Å². The molecule has 0 saturated heterocycles. The minimum atomic E-state index is -1.07. The molecule has 106 valence electrons. The predicted molar refractivity (Wildman–Crippen MR) is 76.5 cm³/mol. The number of aromatic nitrogens is 2. The van der Waals surface area contributed by atoms with E-state index in [1.165, 1.54) is 10.4 Å². The highest BCUT2D eigenvalue weighted by Gasteiger charge is 2.45. The van der Waals surface area contributed by atoms with Crippen molar-refractivity contribution in [1.82, 2.24) is 9.55 Å². The summed E-state index contributed by atoms with van der Waals surface area (Å²) in [5.41, 5.74) is 1.28.